The van der Waals surface area contributed by atoms with Crippen LogP contribution >= 0.6 is 23.2 Å². The van der Waals surface area contributed by atoms with E-state index >= 15 is 0 Å². The number of aromatic nitrogens is 1. The van der Waals surface area contributed by atoms with E-state index < -0.39 is 29.3 Å². The third kappa shape index (κ3) is 6.01. The van der Waals surface area contributed by atoms with Gasteiger partial charge in [0.15, 0.2) is 5.76 Å². The molecule has 2 amide bonds. The summed E-state index contributed by atoms with van der Waals surface area (Å²) in [5.41, 5.74) is 0.541. The fourth-order valence-electron chi connectivity index (χ4n) is 5.12. The normalized spacial score (nSPS) is 14.5. The summed E-state index contributed by atoms with van der Waals surface area (Å²) >= 11 is 12.2. The first-order valence-corrected chi connectivity index (χ1v) is 14.0. The standard InChI is InChI=1S/C30H27Cl2N3O6/c1-16(33-29(38)26-12-11-25(41-26)20-9-7-17(31)13-23(20)32)28(37)34-18-8-10-24-21(14-18)27(36)22(30(39)40)15-35(24)19-5-3-2-4-6-19/h7-16,19H,2-6H2,1H3,(H,33,38)(H,34,37)(H,39,40)/t16-/m0/s1. The van der Waals surface area contributed by atoms with Crippen LogP contribution in [0.5, 0.6) is 0 Å². The van der Waals surface area contributed by atoms with Crippen molar-refractivity contribution in [3.8, 4) is 11.3 Å². The number of nitrogens with one attached hydrogen (secondary N) is 2. The third-order valence-electron chi connectivity index (χ3n) is 7.27. The summed E-state index contributed by atoms with van der Waals surface area (Å²) < 4.78 is 7.53. The summed E-state index contributed by atoms with van der Waals surface area (Å²) in [6.45, 7) is 1.51. The van der Waals surface area contributed by atoms with E-state index in [1.807, 2.05) is 4.57 Å². The molecule has 1 saturated carbocycles. The molecule has 2 aromatic carbocycles. The number of benzene rings is 2. The number of hydrogen-bond donors (Lipinski definition) is 3. The highest BCUT2D eigenvalue weighted by Crippen LogP contribution is 2.32. The molecule has 0 radical (unpaired) electrons. The van der Waals surface area contributed by atoms with Crippen LogP contribution in [0.3, 0.4) is 0 Å². The monoisotopic (exact) mass is 595 g/mol. The SMILES string of the molecule is C[C@H](NC(=O)c1ccc(-c2ccc(Cl)cc2Cl)o1)C(=O)Nc1ccc2c(c1)c(=O)c(C(=O)O)cn2C1CCCCC1. The molecular formula is C30H27Cl2N3O6. The van der Waals surface area contributed by atoms with E-state index in [0.717, 1.165) is 32.1 Å². The fourth-order valence-corrected chi connectivity index (χ4v) is 5.63. The lowest BCUT2D eigenvalue weighted by atomic mass is 9.94. The van der Waals surface area contributed by atoms with Gasteiger partial charge in [-0.05, 0) is 68.3 Å². The molecule has 0 saturated heterocycles. The number of carboxylic acids is 1. The number of furan rings is 1. The number of carbonyl (C=O) groups excluding carboxylic acids is 2. The van der Waals surface area contributed by atoms with Crippen LogP contribution in [0.2, 0.25) is 10.0 Å². The van der Waals surface area contributed by atoms with Crippen molar-refractivity contribution in [3.63, 3.8) is 0 Å². The molecule has 9 nitrogen and oxygen atoms in total. The van der Waals surface area contributed by atoms with E-state index in [9.17, 15) is 24.3 Å². The topological polar surface area (TPSA) is 131 Å². The van der Waals surface area contributed by atoms with Gasteiger partial charge in [-0.15, -0.1) is 0 Å². The van der Waals surface area contributed by atoms with Crippen LogP contribution in [0.15, 0.2) is 63.9 Å². The summed E-state index contributed by atoms with van der Waals surface area (Å²) in [5, 5.41) is 16.0. The highest BCUT2D eigenvalue weighted by Gasteiger charge is 2.23. The molecule has 1 atom stereocenters. The van der Waals surface area contributed by atoms with Gasteiger partial charge in [0.05, 0.1) is 10.5 Å². The van der Waals surface area contributed by atoms with Crippen molar-refractivity contribution in [2.75, 3.05) is 5.32 Å². The molecule has 3 N–H and O–H groups in total. The van der Waals surface area contributed by atoms with Gasteiger partial charge in [0, 0.05) is 33.9 Å². The first-order chi connectivity index (χ1) is 19.6. The highest BCUT2D eigenvalue weighted by molar-refractivity contribution is 6.36. The number of aromatic carboxylic acids is 1. The molecule has 0 unspecified atom stereocenters. The zero-order valence-electron chi connectivity index (χ0n) is 22.1. The highest BCUT2D eigenvalue weighted by atomic mass is 35.5. The van der Waals surface area contributed by atoms with E-state index in [2.05, 4.69) is 10.6 Å². The van der Waals surface area contributed by atoms with Crippen LogP contribution in [0.25, 0.3) is 22.2 Å². The Balaban J connectivity index is 1.33. The molecule has 2 heterocycles. The molecule has 2 aromatic heterocycles. The number of nitrogens with zero attached hydrogens (tertiary/aromatic N) is 1. The molecule has 4 aromatic rings. The Hall–Kier alpha value is -4.08. The Labute approximate surface area is 245 Å². The molecule has 1 aliphatic rings. The van der Waals surface area contributed by atoms with Gasteiger partial charge in [-0.2, -0.15) is 0 Å². The van der Waals surface area contributed by atoms with Crippen LogP contribution in [0.1, 0.15) is 66.0 Å². The molecule has 1 fully saturated rings. The molecule has 0 spiro atoms. The quantitative estimate of drug-likeness (QED) is 0.222. The summed E-state index contributed by atoms with van der Waals surface area (Å²) in [5.74, 6) is -2.09. The van der Waals surface area contributed by atoms with Gasteiger partial charge in [-0.1, -0.05) is 42.5 Å². The molecule has 5 rings (SSSR count). The predicted octanol–water partition coefficient (Wildman–Crippen LogP) is 6.53. The Kier molecular flexibility index (Phi) is 8.19. The van der Waals surface area contributed by atoms with Gasteiger partial charge in [-0.25, -0.2) is 4.79 Å². The van der Waals surface area contributed by atoms with E-state index in [4.69, 9.17) is 27.6 Å². The van der Waals surface area contributed by atoms with Crippen molar-refractivity contribution in [3.05, 3.63) is 86.3 Å². The first kappa shape index (κ1) is 28.4. The van der Waals surface area contributed by atoms with E-state index in [-0.39, 0.29) is 22.8 Å². The molecular weight excluding hydrogens is 569 g/mol. The first-order valence-electron chi connectivity index (χ1n) is 13.2. The number of halogens is 2. The van der Waals surface area contributed by atoms with Crippen molar-refractivity contribution in [2.45, 2.75) is 51.1 Å². The van der Waals surface area contributed by atoms with Crippen LogP contribution < -0.4 is 16.1 Å². The van der Waals surface area contributed by atoms with Crippen LogP contribution in [-0.2, 0) is 4.79 Å². The van der Waals surface area contributed by atoms with Crippen LogP contribution in [0.4, 0.5) is 5.69 Å². The zero-order chi connectivity index (χ0) is 29.3. The maximum absolute atomic E-state index is 13.0. The number of anilines is 1. The van der Waals surface area contributed by atoms with Crippen molar-refractivity contribution in [1.82, 2.24) is 9.88 Å². The molecule has 41 heavy (non-hydrogen) atoms. The van der Waals surface area contributed by atoms with Crippen molar-refractivity contribution in [1.29, 1.82) is 0 Å². The molecule has 212 valence electrons. The molecule has 0 bridgehead atoms. The Morgan fingerprint density at radius 3 is 2.49 bits per heavy atom. The van der Waals surface area contributed by atoms with Gasteiger partial charge in [0.2, 0.25) is 11.3 Å². The lowest BCUT2D eigenvalue weighted by Crippen LogP contribution is -2.41. The molecule has 0 aliphatic heterocycles. The minimum atomic E-state index is -1.30. The van der Waals surface area contributed by atoms with Gasteiger partial charge >= 0.3 is 5.97 Å². The van der Waals surface area contributed by atoms with Crippen molar-refractivity contribution >= 4 is 57.6 Å². The van der Waals surface area contributed by atoms with Crippen molar-refractivity contribution < 1.29 is 23.9 Å². The second-order valence-electron chi connectivity index (χ2n) is 10.1. The smallest absolute Gasteiger partial charge is 0.341 e. The lowest BCUT2D eigenvalue weighted by molar-refractivity contribution is -0.117. The summed E-state index contributed by atoms with van der Waals surface area (Å²) in [4.78, 5) is 50.6. The lowest BCUT2D eigenvalue weighted by Gasteiger charge is -2.26. The van der Waals surface area contributed by atoms with Gasteiger partial charge in [0.1, 0.15) is 17.4 Å². The molecule has 11 heteroatoms. The number of rotatable bonds is 7. The molecule has 1 aliphatic carbocycles. The third-order valence-corrected chi connectivity index (χ3v) is 7.81. The predicted molar refractivity (Wildman–Crippen MR) is 157 cm³/mol. The van der Waals surface area contributed by atoms with E-state index in [0.29, 0.717) is 32.6 Å². The maximum Gasteiger partial charge on any atom is 0.341 e. The summed E-state index contributed by atoms with van der Waals surface area (Å²) in [6, 6.07) is 11.9. The van der Waals surface area contributed by atoms with Crippen LogP contribution in [0, 0.1) is 0 Å². The fraction of sp³-hybridized carbons (Fsp3) is 0.267. The summed E-state index contributed by atoms with van der Waals surface area (Å²) in [7, 11) is 0. The zero-order valence-corrected chi connectivity index (χ0v) is 23.6. The van der Waals surface area contributed by atoms with Crippen LogP contribution in [-0.4, -0.2) is 33.5 Å². The second kappa shape index (κ2) is 11.8. The number of hydrogen-bond acceptors (Lipinski definition) is 5. The van der Waals surface area contributed by atoms with Gasteiger partial charge in [0.25, 0.3) is 5.91 Å². The number of fused-ring (bicyclic) bond motifs is 1. The van der Waals surface area contributed by atoms with Gasteiger partial charge in [-0.3, -0.25) is 14.4 Å². The van der Waals surface area contributed by atoms with Gasteiger partial charge < -0.3 is 24.7 Å². The average molecular weight is 596 g/mol. The second-order valence-corrected chi connectivity index (χ2v) is 10.9. The summed E-state index contributed by atoms with van der Waals surface area (Å²) in [6.07, 6.45) is 6.43. The van der Waals surface area contributed by atoms with Crippen molar-refractivity contribution in [2.24, 2.45) is 0 Å². The number of amides is 2. The number of carbonyl (C=O) groups is 3. The largest absolute Gasteiger partial charge is 0.477 e. The Morgan fingerprint density at radius 1 is 1.02 bits per heavy atom. The van der Waals surface area contributed by atoms with E-state index in [1.165, 1.54) is 25.3 Å². The number of carboxylic acid groups (broad SMARTS) is 1. The maximum atomic E-state index is 13.0. The minimum Gasteiger partial charge on any atom is -0.477 e. The average Bonchev–Trinajstić information content (AvgIpc) is 3.44. The van der Waals surface area contributed by atoms with E-state index in [1.54, 1.807) is 36.4 Å². The number of pyridine rings is 1. The minimum absolute atomic E-state index is 0.0131. The Bertz CT molecular complexity index is 1720. The Morgan fingerprint density at radius 2 is 1.78 bits per heavy atom.